The van der Waals surface area contributed by atoms with Crippen LogP contribution in [0.1, 0.15) is 24.1 Å². The third-order valence-electron chi connectivity index (χ3n) is 3.24. The summed E-state index contributed by atoms with van der Waals surface area (Å²) < 4.78 is 0. The molecule has 1 aromatic heterocycles. The summed E-state index contributed by atoms with van der Waals surface area (Å²) in [6, 6.07) is 4.30. The van der Waals surface area contributed by atoms with Gasteiger partial charge in [-0.25, -0.2) is 0 Å². The number of aryl methyl sites for hydroxylation is 1. The minimum atomic E-state index is 0.575. The largest absolute Gasteiger partial charge is 0.314 e. The van der Waals surface area contributed by atoms with E-state index >= 15 is 0 Å². The van der Waals surface area contributed by atoms with Crippen molar-refractivity contribution in [3.8, 4) is 0 Å². The summed E-state index contributed by atoms with van der Waals surface area (Å²) in [4.78, 5) is 6.89. The molecule has 0 amide bonds. The van der Waals surface area contributed by atoms with E-state index in [2.05, 4.69) is 34.3 Å². The van der Waals surface area contributed by atoms with Crippen LogP contribution in [0.15, 0.2) is 18.3 Å². The van der Waals surface area contributed by atoms with Crippen molar-refractivity contribution in [1.82, 2.24) is 15.2 Å². The quantitative estimate of drug-likeness (QED) is 0.833. The Morgan fingerprint density at radius 1 is 1.38 bits per heavy atom. The second-order valence-electron chi connectivity index (χ2n) is 4.68. The maximum atomic E-state index is 4.36. The molecule has 0 radical (unpaired) electrons. The van der Waals surface area contributed by atoms with Crippen molar-refractivity contribution < 1.29 is 0 Å². The molecule has 3 nitrogen and oxygen atoms in total. The first-order chi connectivity index (χ1) is 7.75. The summed E-state index contributed by atoms with van der Waals surface area (Å²) in [5, 5.41) is 3.38. The second-order valence-corrected chi connectivity index (χ2v) is 4.68. The molecule has 0 bridgehead atoms. The normalized spacial score (nSPS) is 19.6. The van der Waals surface area contributed by atoms with Crippen LogP contribution in [-0.2, 0) is 0 Å². The fourth-order valence-electron chi connectivity index (χ4n) is 2.16. The Bertz CT molecular complexity index is 314. The van der Waals surface area contributed by atoms with Crippen molar-refractivity contribution in [3.05, 3.63) is 29.6 Å². The van der Waals surface area contributed by atoms with E-state index in [0.29, 0.717) is 5.92 Å². The Morgan fingerprint density at radius 2 is 2.12 bits per heavy atom. The zero-order valence-corrected chi connectivity index (χ0v) is 10.2. The maximum Gasteiger partial charge on any atom is 0.0372 e. The fourth-order valence-corrected chi connectivity index (χ4v) is 2.16. The third-order valence-corrected chi connectivity index (χ3v) is 3.24. The van der Waals surface area contributed by atoms with Gasteiger partial charge in [-0.2, -0.15) is 0 Å². The van der Waals surface area contributed by atoms with Gasteiger partial charge in [0.2, 0.25) is 0 Å². The van der Waals surface area contributed by atoms with E-state index < -0.39 is 0 Å². The van der Waals surface area contributed by atoms with Gasteiger partial charge in [-0.1, -0.05) is 13.0 Å². The highest BCUT2D eigenvalue weighted by Gasteiger charge is 2.14. The van der Waals surface area contributed by atoms with Crippen LogP contribution < -0.4 is 5.32 Å². The first-order valence-electron chi connectivity index (χ1n) is 6.11. The summed E-state index contributed by atoms with van der Waals surface area (Å²) in [6.45, 7) is 10.1. The lowest BCUT2D eigenvalue weighted by molar-refractivity contribution is 0.230. The van der Waals surface area contributed by atoms with E-state index in [9.17, 15) is 0 Å². The van der Waals surface area contributed by atoms with Crippen LogP contribution in [-0.4, -0.2) is 42.6 Å². The van der Waals surface area contributed by atoms with Gasteiger partial charge in [0.05, 0.1) is 0 Å². The fraction of sp³-hybridized carbons (Fsp3) is 0.615. The number of rotatable bonds is 3. The highest BCUT2D eigenvalue weighted by molar-refractivity contribution is 5.17. The lowest BCUT2D eigenvalue weighted by Crippen LogP contribution is -2.44. The van der Waals surface area contributed by atoms with Crippen molar-refractivity contribution in [3.63, 3.8) is 0 Å². The molecule has 0 saturated carbocycles. The Balaban J connectivity index is 1.91. The van der Waals surface area contributed by atoms with Crippen molar-refractivity contribution in [2.75, 3.05) is 32.7 Å². The Morgan fingerprint density at radius 3 is 2.75 bits per heavy atom. The zero-order valence-electron chi connectivity index (χ0n) is 10.2. The number of nitrogens with zero attached hydrogens (tertiary/aromatic N) is 2. The van der Waals surface area contributed by atoms with Gasteiger partial charge in [-0.15, -0.1) is 0 Å². The molecule has 1 aliphatic heterocycles. The average Bonchev–Trinajstić information content (AvgIpc) is 2.31. The summed E-state index contributed by atoms with van der Waals surface area (Å²) in [5.74, 6) is 0.575. The maximum absolute atomic E-state index is 4.36. The van der Waals surface area contributed by atoms with E-state index in [1.807, 2.05) is 13.1 Å². The molecule has 1 N–H and O–H groups in total. The number of hydrogen-bond acceptors (Lipinski definition) is 3. The van der Waals surface area contributed by atoms with Gasteiger partial charge >= 0.3 is 0 Å². The molecule has 0 aliphatic carbocycles. The monoisotopic (exact) mass is 219 g/mol. The van der Waals surface area contributed by atoms with Crippen molar-refractivity contribution in [2.24, 2.45) is 0 Å². The SMILES string of the molecule is Cc1ccc(C(C)CN2CCNCC2)cn1. The molecule has 1 fully saturated rings. The zero-order chi connectivity index (χ0) is 11.4. The number of nitrogens with one attached hydrogen (secondary N) is 1. The number of pyridine rings is 1. The summed E-state index contributed by atoms with van der Waals surface area (Å²) in [6.07, 6.45) is 2.02. The predicted molar refractivity (Wildman–Crippen MR) is 66.7 cm³/mol. The molecular formula is C13H21N3. The molecule has 2 rings (SSSR count). The first kappa shape index (κ1) is 11.6. The Labute approximate surface area is 97.9 Å². The Hall–Kier alpha value is -0.930. The topological polar surface area (TPSA) is 28.2 Å². The molecule has 3 heteroatoms. The molecule has 0 aromatic carbocycles. The first-order valence-corrected chi connectivity index (χ1v) is 6.11. The van der Waals surface area contributed by atoms with Crippen molar-refractivity contribution in [2.45, 2.75) is 19.8 Å². The van der Waals surface area contributed by atoms with Crippen LogP contribution in [0.2, 0.25) is 0 Å². The molecule has 1 unspecified atom stereocenters. The Kier molecular flexibility index (Phi) is 3.91. The highest BCUT2D eigenvalue weighted by Crippen LogP contribution is 2.15. The third kappa shape index (κ3) is 3.03. The molecular weight excluding hydrogens is 198 g/mol. The molecule has 16 heavy (non-hydrogen) atoms. The molecule has 1 atom stereocenters. The van der Waals surface area contributed by atoms with E-state index in [1.54, 1.807) is 0 Å². The lowest BCUT2D eigenvalue weighted by atomic mass is 10.0. The van der Waals surface area contributed by atoms with Crippen LogP contribution in [0.3, 0.4) is 0 Å². The standard InChI is InChI=1S/C13H21N3/c1-11(10-16-7-5-14-6-8-16)13-4-3-12(2)15-9-13/h3-4,9,11,14H,5-8,10H2,1-2H3. The molecule has 88 valence electrons. The predicted octanol–water partition coefficient (Wildman–Crippen LogP) is 1.40. The molecule has 1 saturated heterocycles. The summed E-state index contributed by atoms with van der Waals surface area (Å²) in [7, 11) is 0. The van der Waals surface area contributed by atoms with E-state index in [4.69, 9.17) is 0 Å². The van der Waals surface area contributed by atoms with Gasteiger partial charge in [0.25, 0.3) is 0 Å². The van der Waals surface area contributed by atoms with Crippen molar-refractivity contribution in [1.29, 1.82) is 0 Å². The van der Waals surface area contributed by atoms with E-state index in [1.165, 1.54) is 18.7 Å². The van der Waals surface area contributed by atoms with Crippen LogP contribution in [0.5, 0.6) is 0 Å². The van der Waals surface area contributed by atoms with Gasteiger partial charge in [-0.05, 0) is 24.5 Å². The summed E-state index contributed by atoms with van der Waals surface area (Å²) in [5.41, 5.74) is 2.45. The molecule has 2 heterocycles. The molecule has 1 aromatic rings. The van der Waals surface area contributed by atoms with Crippen LogP contribution in [0.25, 0.3) is 0 Å². The van der Waals surface area contributed by atoms with E-state index in [0.717, 1.165) is 25.3 Å². The highest BCUT2D eigenvalue weighted by atomic mass is 15.2. The van der Waals surface area contributed by atoms with Crippen LogP contribution in [0, 0.1) is 6.92 Å². The van der Waals surface area contributed by atoms with Gasteiger partial charge in [0.1, 0.15) is 0 Å². The second kappa shape index (κ2) is 5.41. The van der Waals surface area contributed by atoms with Gasteiger partial charge in [-0.3, -0.25) is 4.98 Å². The number of hydrogen-bond donors (Lipinski definition) is 1. The number of piperazine rings is 1. The molecule has 1 aliphatic rings. The van der Waals surface area contributed by atoms with E-state index in [-0.39, 0.29) is 0 Å². The average molecular weight is 219 g/mol. The van der Waals surface area contributed by atoms with Crippen molar-refractivity contribution >= 4 is 0 Å². The minimum Gasteiger partial charge on any atom is -0.314 e. The molecule has 0 spiro atoms. The minimum absolute atomic E-state index is 0.575. The van der Waals surface area contributed by atoms with Gasteiger partial charge < -0.3 is 10.2 Å². The van der Waals surface area contributed by atoms with Crippen LogP contribution in [0.4, 0.5) is 0 Å². The lowest BCUT2D eigenvalue weighted by Gasteiger charge is -2.29. The van der Waals surface area contributed by atoms with Crippen LogP contribution >= 0.6 is 0 Å². The summed E-state index contributed by atoms with van der Waals surface area (Å²) >= 11 is 0. The van der Waals surface area contributed by atoms with Gasteiger partial charge in [0, 0.05) is 44.6 Å². The van der Waals surface area contributed by atoms with Gasteiger partial charge in [0.15, 0.2) is 0 Å². The number of aromatic nitrogens is 1. The smallest absolute Gasteiger partial charge is 0.0372 e.